The molecule has 6 nitrogen and oxygen atoms in total. The van der Waals surface area contributed by atoms with Gasteiger partial charge < -0.3 is 5.11 Å². The lowest BCUT2D eigenvalue weighted by atomic mass is 10.0. The van der Waals surface area contributed by atoms with E-state index in [1.807, 2.05) is 0 Å². The highest BCUT2D eigenvalue weighted by Gasteiger charge is 2.31. The molecule has 1 heterocycles. The van der Waals surface area contributed by atoms with Crippen LogP contribution in [0.2, 0.25) is 0 Å². The van der Waals surface area contributed by atoms with Crippen LogP contribution in [0.15, 0.2) is 30.3 Å². The molecule has 6 heteroatoms. The van der Waals surface area contributed by atoms with E-state index in [1.54, 1.807) is 30.3 Å². The van der Waals surface area contributed by atoms with Gasteiger partial charge in [-0.25, -0.2) is 0 Å². The Labute approximate surface area is 109 Å². The van der Waals surface area contributed by atoms with Crippen molar-refractivity contribution in [3.8, 4) is 0 Å². The lowest BCUT2D eigenvalue weighted by Gasteiger charge is -2.25. The van der Waals surface area contributed by atoms with Crippen LogP contribution in [-0.2, 0) is 14.4 Å². The fraction of sp³-hybridized carbons (Fsp3) is 0.308. The summed E-state index contributed by atoms with van der Waals surface area (Å²) in [5.74, 6) is -1.86. The predicted octanol–water partition coefficient (Wildman–Crippen LogP) is 0.207. The molecule has 2 amide bonds. The Balaban J connectivity index is 2.12. The molecule has 0 saturated carbocycles. The minimum Gasteiger partial charge on any atom is -0.480 e. The topological polar surface area (TPSA) is 95.5 Å². The molecule has 1 saturated heterocycles. The zero-order valence-electron chi connectivity index (χ0n) is 10.1. The van der Waals surface area contributed by atoms with Gasteiger partial charge in [0.25, 0.3) is 0 Å². The molecule has 1 aliphatic heterocycles. The van der Waals surface area contributed by atoms with Gasteiger partial charge in [0.15, 0.2) is 0 Å². The van der Waals surface area contributed by atoms with Gasteiger partial charge in [-0.2, -0.15) is 0 Å². The summed E-state index contributed by atoms with van der Waals surface area (Å²) in [5, 5.41) is 14.2. The first kappa shape index (κ1) is 13.2. The van der Waals surface area contributed by atoms with E-state index in [0.717, 1.165) is 0 Å². The van der Waals surface area contributed by atoms with Crippen LogP contribution in [0, 0.1) is 0 Å². The van der Waals surface area contributed by atoms with E-state index in [2.05, 4.69) is 10.6 Å². The van der Waals surface area contributed by atoms with Crippen LogP contribution in [0.5, 0.6) is 0 Å². The predicted molar refractivity (Wildman–Crippen MR) is 66.1 cm³/mol. The lowest BCUT2D eigenvalue weighted by molar-refractivity contribution is -0.140. The monoisotopic (exact) mass is 262 g/mol. The summed E-state index contributed by atoms with van der Waals surface area (Å²) in [5.41, 5.74) is 0.569. The van der Waals surface area contributed by atoms with Gasteiger partial charge in [-0.1, -0.05) is 30.3 Å². The molecule has 1 fully saturated rings. The molecule has 0 bridgehead atoms. The molecule has 3 N–H and O–H groups in total. The van der Waals surface area contributed by atoms with E-state index in [-0.39, 0.29) is 12.3 Å². The van der Waals surface area contributed by atoms with Crippen molar-refractivity contribution in [2.75, 3.05) is 0 Å². The zero-order chi connectivity index (χ0) is 13.8. The van der Waals surface area contributed by atoms with Crippen molar-refractivity contribution in [3.05, 3.63) is 35.9 Å². The van der Waals surface area contributed by atoms with Crippen molar-refractivity contribution in [1.82, 2.24) is 10.6 Å². The second-order valence-corrected chi connectivity index (χ2v) is 4.35. The van der Waals surface area contributed by atoms with Crippen LogP contribution < -0.4 is 10.6 Å². The number of carboxylic acids is 1. The number of carbonyl (C=O) groups is 3. The van der Waals surface area contributed by atoms with Gasteiger partial charge in [0.2, 0.25) is 11.8 Å². The van der Waals surface area contributed by atoms with Gasteiger partial charge in [-0.05, 0) is 12.0 Å². The van der Waals surface area contributed by atoms with Crippen LogP contribution in [-0.4, -0.2) is 28.9 Å². The third-order valence-corrected chi connectivity index (χ3v) is 2.99. The SMILES string of the molecule is O=C1CCC(NC(C(=O)O)c2ccccc2)C(=O)N1. The molecule has 0 aromatic heterocycles. The number of carboxylic acid groups (broad SMARTS) is 1. The summed E-state index contributed by atoms with van der Waals surface area (Å²) < 4.78 is 0. The van der Waals surface area contributed by atoms with Crippen molar-refractivity contribution in [1.29, 1.82) is 0 Å². The van der Waals surface area contributed by atoms with Crippen molar-refractivity contribution in [2.45, 2.75) is 24.9 Å². The molecule has 0 spiro atoms. The molecule has 1 aromatic rings. The minimum atomic E-state index is -1.06. The molecular weight excluding hydrogens is 248 g/mol. The normalized spacial score (nSPS) is 20.7. The smallest absolute Gasteiger partial charge is 0.325 e. The Morgan fingerprint density at radius 2 is 2.00 bits per heavy atom. The van der Waals surface area contributed by atoms with Crippen molar-refractivity contribution in [3.63, 3.8) is 0 Å². The van der Waals surface area contributed by atoms with E-state index < -0.39 is 24.0 Å². The van der Waals surface area contributed by atoms with Crippen LogP contribution >= 0.6 is 0 Å². The zero-order valence-corrected chi connectivity index (χ0v) is 10.1. The average molecular weight is 262 g/mol. The summed E-state index contributed by atoms with van der Waals surface area (Å²) >= 11 is 0. The largest absolute Gasteiger partial charge is 0.480 e. The molecule has 1 aliphatic rings. The van der Waals surface area contributed by atoms with E-state index in [1.165, 1.54) is 0 Å². The molecular formula is C13H14N2O4. The van der Waals surface area contributed by atoms with E-state index in [9.17, 15) is 19.5 Å². The van der Waals surface area contributed by atoms with Crippen molar-refractivity contribution in [2.24, 2.45) is 0 Å². The molecule has 19 heavy (non-hydrogen) atoms. The number of hydrogen-bond acceptors (Lipinski definition) is 4. The van der Waals surface area contributed by atoms with Crippen LogP contribution in [0.1, 0.15) is 24.4 Å². The Hall–Kier alpha value is -2.21. The number of amides is 2. The molecule has 2 rings (SSSR count). The number of benzene rings is 1. The van der Waals surface area contributed by atoms with Crippen molar-refractivity contribution < 1.29 is 19.5 Å². The summed E-state index contributed by atoms with van der Waals surface area (Å²) in [4.78, 5) is 33.9. The maximum atomic E-state index is 11.6. The Bertz CT molecular complexity index is 501. The quantitative estimate of drug-likeness (QED) is 0.674. The second-order valence-electron chi connectivity index (χ2n) is 4.35. The third kappa shape index (κ3) is 3.17. The van der Waals surface area contributed by atoms with E-state index >= 15 is 0 Å². The van der Waals surface area contributed by atoms with Gasteiger partial charge >= 0.3 is 5.97 Å². The summed E-state index contributed by atoms with van der Waals surface area (Å²) in [6, 6.07) is 6.97. The number of piperidine rings is 1. The third-order valence-electron chi connectivity index (χ3n) is 2.99. The Morgan fingerprint density at radius 3 is 2.58 bits per heavy atom. The van der Waals surface area contributed by atoms with Crippen LogP contribution in [0.3, 0.4) is 0 Å². The van der Waals surface area contributed by atoms with Gasteiger partial charge in [0.1, 0.15) is 6.04 Å². The van der Waals surface area contributed by atoms with Crippen LogP contribution in [0.4, 0.5) is 0 Å². The molecule has 2 atom stereocenters. The van der Waals surface area contributed by atoms with Crippen LogP contribution in [0.25, 0.3) is 0 Å². The van der Waals surface area contributed by atoms with E-state index in [0.29, 0.717) is 12.0 Å². The fourth-order valence-electron chi connectivity index (χ4n) is 2.01. The molecule has 2 unspecified atom stereocenters. The Kier molecular flexibility index (Phi) is 3.91. The standard InChI is InChI=1S/C13H14N2O4/c16-10-7-6-9(12(17)15-10)14-11(13(18)19)8-4-2-1-3-5-8/h1-5,9,11,14H,6-7H2,(H,18,19)(H,15,16,17). The van der Waals surface area contributed by atoms with Crippen molar-refractivity contribution >= 4 is 17.8 Å². The first-order chi connectivity index (χ1) is 9.08. The number of aliphatic carboxylic acids is 1. The number of carbonyl (C=O) groups excluding carboxylic acids is 2. The lowest BCUT2D eigenvalue weighted by Crippen LogP contribution is -2.52. The molecule has 0 radical (unpaired) electrons. The van der Waals surface area contributed by atoms with Gasteiger partial charge in [0.05, 0.1) is 6.04 Å². The molecule has 100 valence electrons. The highest BCUT2D eigenvalue weighted by Crippen LogP contribution is 2.16. The maximum absolute atomic E-state index is 11.6. The van der Waals surface area contributed by atoms with E-state index in [4.69, 9.17) is 0 Å². The Morgan fingerprint density at radius 1 is 1.32 bits per heavy atom. The van der Waals surface area contributed by atoms with Gasteiger partial charge in [0, 0.05) is 6.42 Å². The number of rotatable bonds is 4. The van der Waals surface area contributed by atoms with Gasteiger partial charge in [-0.15, -0.1) is 0 Å². The highest BCUT2D eigenvalue weighted by atomic mass is 16.4. The maximum Gasteiger partial charge on any atom is 0.325 e. The summed E-state index contributed by atoms with van der Waals surface area (Å²) in [6.07, 6.45) is 0.520. The average Bonchev–Trinajstić information content (AvgIpc) is 2.38. The summed E-state index contributed by atoms with van der Waals surface area (Å²) in [6.45, 7) is 0. The molecule has 0 aliphatic carbocycles. The van der Waals surface area contributed by atoms with Gasteiger partial charge in [-0.3, -0.25) is 25.0 Å². The number of nitrogens with one attached hydrogen (secondary N) is 2. The first-order valence-corrected chi connectivity index (χ1v) is 5.95. The summed E-state index contributed by atoms with van der Waals surface area (Å²) in [7, 11) is 0. The highest BCUT2D eigenvalue weighted by molar-refractivity contribution is 6.00. The second kappa shape index (κ2) is 5.62. The number of imide groups is 1. The minimum absolute atomic E-state index is 0.213. The number of hydrogen-bond donors (Lipinski definition) is 3. The fourth-order valence-corrected chi connectivity index (χ4v) is 2.01. The first-order valence-electron chi connectivity index (χ1n) is 5.95. The molecule has 1 aromatic carbocycles.